The summed E-state index contributed by atoms with van der Waals surface area (Å²) in [6.45, 7) is 4.26. The molecule has 2 atom stereocenters. The van der Waals surface area contributed by atoms with Crippen molar-refractivity contribution in [2.75, 3.05) is 12.4 Å². The number of pyridine rings is 1. The minimum Gasteiger partial charge on any atom is -0.373 e. The monoisotopic (exact) mass is 247 g/mol. The van der Waals surface area contributed by atoms with Gasteiger partial charge < -0.3 is 10.2 Å². The highest BCUT2D eigenvalue weighted by Crippen LogP contribution is 2.27. The van der Waals surface area contributed by atoms with E-state index in [1.54, 1.807) is 6.07 Å². The van der Waals surface area contributed by atoms with Gasteiger partial charge in [0, 0.05) is 19.1 Å². The van der Waals surface area contributed by atoms with Crippen LogP contribution < -0.4 is 5.32 Å². The summed E-state index contributed by atoms with van der Waals surface area (Å²) in [5.74, 6) is 0.796. The van der Waals surface area contributed by atoms with E-state index in [4.69, 9.17) is 0 Å². The zero-order valence-corrected chi connectivity index (χ0v) is 11.3. The maximum atomic E-state index is 12.5. The van der Waals surface area contributed by atoms with E-state index in [9.17, 15) is 4.79 Å². The lowest BCUT2D eigenvalue weighted by Gasteiger charge is -2.27. The van der Waals surface area contributed by atoms with Crippen LogP contribution >= 0.6 is 0 Å². The first-order valence-electron chi connectivity index (χ1n) is 6.64. The molecule has 0 radical (unpaired) electrons. The summed E-state index contributed by atoms with van der Waals surface area (Å²) < 4.78 is 0. The molecule has 4 heteroatoms. The van der Waals surface area contributed by atoms with Crippen LogP contribution in [-0.2, 0) is 0 Å². The fourth-order valence-corrected chi connectivity index (χ4v) is 2.66. The largest absolute Gasteiger partial charge is 0.373 e. The van der Waals surface area contributed by atoms with E-state index in [2.05, 4.69) is 24.1 Å². The van der Waals surface area contributed by atoms with Crippen molar-refractivity contribution in [3.63, 3.8) is 0 Å². The van der Waals surface area contributed by atoms with Gasteiger partial charge in [-0.2, -0.15) is 0 Å². The fourth-order valence-electron chi connectivity index (χ4n) is 2.66. The number of nitrogens with one attached hydrogen (secondary N) is 1. The average Bonchev–Trinajstić information content (AvgIpc) is 2.79. The number of rotatable bonds is 3. The van der Waals surface area contributed by atoms with E-state index >= 15 is 0 Å². The number of carbonyl (C=O) groups is 1. The number of amides is 1. The third-order valence-corrected chi connectivity index (χ3v) is 3.72. The third kappa shape index (κ3) is 2.33. The van der Waals surface area contributed by atoms with Gasteiger partial charge in [-0.05, 0) is 38.3 Å². The zero-order chi connectivity index (χ0) is 13.1. The number of nitrogens with zero attached hydrogens (tertiary/aromatic N) is 2. The Morgan fingerprint density at radius 1 is 1.50 bits per heavy atom. The number of likely N-dealkylation sites (tertiary alicyclic amines) is 1. The molecule has 2 unspecified atom stereocenters. The minimum atomic E-state index is 0.0592. The van der Waals surface area contributed by atoms with Gasteiger partial charge in [0.15, 0.2) is 0 Å². The Bertz CT molecular complexity index is 433. The normalized spacial score (nSPS) is 23.2. The van der Waals surface area contributed by atoms with Gasteiger partial charge in [0.1, 0.15) is 11.5 Å². The number of hydrogen-bond donors (Lipinski definition) is 1. The van der Waals surface area contributed by atoms with Crippen LogP contribution in [0.4, 0.5) is 5.82 Å². The quantitative estimate of drug-likeness (QED) is 0.892. The van der Waals surface area contributed by atoms with Gasteiger partial charge in [-0.25, -0.2) is 4.98 Å². The Labute approximate surface area is 108 Å². The van der Waals surface area contributed by atoms with Crippen LogP contribution in [0.2, 0.25) is 0 Å². The maximum absolute atomic E-state index is 12.5. The SMILES string of the molecule is CCC1CCC(C)N1C(=O)c1cccc(NC)n1. The van der Waals surface area contributed by atoms with Gasteiger partial charge in [-0.15, -0.1) is 0 Å². The minimum absolute atomic E-state index is 0.0592. The number of anilines is 1. The van der Waals surface area contributed by atoms with Crippen LogP contribution in [-0.4, -0.2) is 34.9 Å². The first-order chi connectivity index (χ1) is 8.67. The molecular weight excluding hydrogens is 226 g/mol. The van der Waals surface area contributed by atoms with Crippen molar-refractivity contribution >= 4 is 11.7 Å². The molecule has 1 saturated heterocycles. The van der Waals surface area contributed by atoms with Crippen molar-refractivity contribution in [2.45, 2.75) is 45.2 Å². The van der Waals surface area contributed by atoms with Crippen molar-refractivity contribution < 1.29 is 4.79 Å². The van der Waals surface area contributed by atoms with Gasteiger partial charge in [-0.3, -0.25) is 4.79 Å². The standard InChI is InChI=1S/C14H21N3O/c1-4-11-9-8-10(2)17(11)14(18)12-6-5-7-13(15-3)16-12/h5-7,10-11H,4,8-9H2,1-3H3,(H,15,16). The van der Waals surface area contributed by atoms with E-state index in [0.29, 0.717) is 17.8 Å². The Hall–Kier alpha value is -1.58. The second kappa shape index (κ2) is 5.38. The second-order valence-corrected chi connectivity index (χ2v) is 4.86. The maximum Gasteiger partial charge on any atom is 0.273 e. The molecule has 98 valence electrons. The molecule has 1 aliphatic rings. The molecule has 0 aliphatic carbocycles. The molecule has 1 amide bonds. The predicted molar refractivity (Wildman–Crippen MR) is 72.7 cm³/mol. The summed E-state index contributed by atoms with van der Waals surface area (Å²) in [6.07, 6.45) is 3.22. The summed E-state index contributed by atoms with van der Waals surface area (Å²) in [5.41, 5.74) is 0.536. The molecule has 2 rings (SSSR count). The van der Waals surface area contributed by atoms with Crippen LogP contribution in [0.3, 0.4) is 0 Å². The van der Waals surface area contributed by atoms with Crippen molar-refractivity contribution in [1.82, 2.24) is 9.88 Å². The van der Waals surface area contributed by atoms with Crippen molar-refractivity contribution in [3.8, 4) is 0 Å². The summed E-state index contributed by atoms with van der Waals surface area (Å²) >= 11 is 0. The van der Waals surface area contributed by atoms with Crippen molar-refractivity contribution in [2.24, 2.45) is 0 Å². The van der Waals surface area contributed by atoms with Crippen LogP contribution in [0.1, 0.15) is 43.6 Å². The van der Waals surface area contributed by atoms with Crippen molar-refractivity contribution in [1.29, 1.82) is 0 Å². The summed E-state index contributed by atoms with van der Waals surface area (Å²) in [5, 5.41) is 2.97. The van der Waals surface area contributed by atoms with Crippen LogP contribution in [0.5, 0.6) is 0 Å². The molecule has 0 aromatic carbocycles. The lowest BCUT2D eigenvalue weighted by atomic mass is 10.1. The first-order valence-corrected chi connectivity index (χ1v) is 6.64. The third-order valence-electron chi connectivity index (χ3n) is 3.72. The average molecular weight is 247 g/mol. The highest BCUT2D eigenvalue weighted by molar-refractivity contribution is 5.93. The van der Waals surface area contributed by atoms with Crippen LogP contribution in [0, 0.1) is 0 Å². The molecule has 0 bridgehead atoms. The Morgan fingerprint density at radius 2 is 2.28 bits per heavy atom. The van der Waals surface area contributed by atoms with Gasteiger partial charge in [0.05, 0.1) is 0 Å². The molecule has 1 aliphatic heterocycles. The van der Waals surface area contributed by atoms with Gasteiger partial charge >= 0.3 is 0 Å². The van der Waals surface area contributed by atoms with Gasteiger partial charge in [0.25, 0.3) is 5.91 Å². The zero-order valence-electron chi connectivity index (χ0n) is 11.3. The lowest BCUT2D eigenvalue weighted by Crippen LogP contribution is -2.40. The fraction of sp³-hybridized carbons (Fsp3) is 0.571. The summed E-state index contributed by atoms with van der Waals surface area (Å²) in [6, 6.07) is 6.21. The molecule has 1 fully saturated rings. The molecular formula is C14H21N3O. The van der Waals surface area contributed by atoms with E-state index in [1.165, 1.54) is 0 Å². The molecule has 0 spiro atoms. The van der Waals surface area contributed by atoms with Crippen LogP contribution in [0.15, 0.2) is 18.2 Å². The Kier molecular flexibility index (Phi) is 3.84. The molecule has 18 heavy (non-hydrogen) atoms. The highest BCUT2D eigenvalue weighted by atomic mass is 16.2. The van der Waals surface area contributed by atoms with Gasteiger partial charge in [-0.1, -0.05) is 13.0 Å². The van der Waals surface area contributed by atoms with E-state index in [-0.39, 0.29) is 5.91 Å². The van der Waals surface area contributed by atoms with Crippen molar-refractivity contribution in [3.05, 3.63) is 23.9 Å². The predicted octanol–water partition coefficient (Wildman–Crippen LogP) is 2.53. The molecule has 4 nitrogen and oxygen atoms in total. The number of aromatic nitrogens is 1. The summed E-state index contributed by atoms with van der Waals surface area (Å²) in [4.78, 5) is 18.9. The second-order valence-electron chi connectivity index (χ2n) is 4.86. The van der Waals surface area contributed by atoms with Crippen LogP contribution in [0.25, 0.3) is 0 Å². The lowest BCUT2D eigenvalue weighted by molar-refractivity contribution is 0.0670. The first kappa shape index (κ1) is 12.9. The molecule has 1 aromatic rings. The Balaban J connectivity index is 2.24. The van der Waals surface area contributed by atoms with E-state index in [0.717, 1.165) is 25.1 Å². The Morgan fingerprint density at radius 3 is 2.94 bits per heavy atom. The van der Waals surface area contributed by atoms with E-state index in [1.807, 2.05) is 24.1 Å². The molecule has 2 heterocycles. The molecule has 1 N–H and O–H groups in total. The van der Waals surface area contributed by atoms with E-state index < -0.39 is 0 Å². The molecule has 1 aromatic heterocycles. The topological polar surface area (TPSA) is 45.2 Å². The van der Waals surface area contributed by atoms with Gasteiger partial charge in [0.2, 0.25) is 0 Å². The highest BCUT2D eigenvalue weighted by Gasteiger charge is 2.34. The molecule has 0 saturated carbocycles. The number of hydrogen-bond acceptors (Lipinski definition) is 3. The smallest absolute Gasteiger partial charge is 0.273 e. The summed E-state index contributed by atoms with van der Waals surface area (Å²) in [7, 11) is 1.81. The number of carbonyl (C=O) groups excluding carboxylic acids is 1.